The molecule has 0 saturated carbocycles. The highest BCUT2D eigenvalue weighted by Crippen LogP contribution is 2.22. The first-order valence-corrected chi connectivity index (χ1v) is 8.35. The summed E-state index contributed by atoms with van der Waals surface area (Å²) < 4.78 is 25.0. The van der Waals surface area contributed by atoms with Crippen LogP contribution in [0.15, 0.2) is 54.7 Å². The number of amides is 1. The predicted octanol–water partition coefficient (Wildman–Crippen LogP) is 3.08. The van der Waals surface area contributed by atoms with E-state index in [4.69, 9.17) is 9.47 Å². The maximum absolute atomic E-state index is 14.5. The molecule has 1 atom stereocenters. The molecule has 1 aliphatic rings. The second-order valence-electron chi connectivity index (χ2n) is 6.09. The molecular formula is C20H17FN2O3. The number of epoxide rings is 1. The van der Waals surface area contributed by atoms with Crippen LogP contribution in [0, 0.1) is 5.82 Å². The Morgan fingerprint density at radius 1 is 1.27 bits per heavy atom. The number of nitrogens with zero attached hydrogens (tertiary/aromatic N) is 1. The van der Waals surface area contributed by atoms with Crippen LogP contribution in [0.4, 0.5) is 4.39 Å². The molecule has 1 saturated heterocycles. The van der Waals surface area contributed by atoms with E-state index < -0.39 is 5.82 Å². The standard InChI is InChI=1S/C20H17FN2O3/c21-19-15(3-1-5-18(19)26-12-16-11-25-16)10-23-20(24)14-6-7-17-13(9-14)4-2-8-22-17/h1-9,16H,10-12H2,(H,23,24). The van der Waals surface area contributed by atoms with E-state index in [0.29, 0.717) is 24.3 Å². The summed E-state index contributed by atoms with van der Waals surface area (Å²) in [5, 5.41) is 3.62. The molecule has 1 aromatic heterocycles. The van der Waals surface area contributed by atoms with Crippen LogP contribution in [0.1, 0.15) is 15.9 Å². The number of rotatable bonds is 6. The number of ether oxygens (including phenoxy) is 2. The van der Waals surface area contributed by atoms with Gasteiger partial charge in [-0.1, -0.05) is 18.2 Å². The lowest BCUT2D eigenvalue weighted by atomic mass is 10.1. The van der Waals surface area contributed by atoms with E-state index in [0.717, 1.165) is 10.9 Å². The molecule has 132 valence electrons. The number of carbonyl (C=O) groups is 1. The number of carbonyl (C=O) groups excluding carboxylic acids is 1. The van der Waals surface area contributed by atoms with Crippen molar-refractivity contribution in [3.8, 4) is 5.75 Å². The van der Waals surface area contributed by atoms with Gasteiger partial charge in [0.2, 0.25) is 0 Å². The zero-order valence-electron chi connectivity index (χ0n) is 13.9. The number of hydrogen-bond donors (Lipinski definition) is 1. The third-order valence-corrected chi connectivity index (χ3v) is 4.17. The highest BCUT2D eigenvalue weighted by Gasteiger charge is 2.24. The fourth-order valence-electron chi connectivity index (χ4n) is 2.65. The van der Waals surface area contributed by atoms with Crippen LogP contribution in [0.2, 0.25) is 0 Å². The van der Waals surface area contributed by atoms with E-state index in [1.165, 1.54) is 0 Å². The molecule has 0 radical (unpaired) electrons. The maximum Gasteiger partial charge on any atom is 0.251 e. The largest absolute Gasteiger partial charge is 0.488 e. The van der Waals surface area contributed by atoms with E-state index in [9.17, 15) is 9.18 Å². The van der Waals surface area contributed by atoms with Gasteiger partial charge in [0.15, 0.2) is 11.6 Å². The van der Waals surface area contributed by atoms with Crippen molar-refractivity contribution >= 4 is 16.8 Å². The molecule has 4 rings (SSSR count). The lowest BCUT2D eigenvalue weighted by Crippen LogP contribution is -2.23. The van der Waals surface area contributed by atoms with Gasteiger partial charge in [-0.3, -0.25) is 9.78 Å². The van der Waals surface area contributed by atoms with Crippen molar-refractivity contribution < 1.29 is 18.7 Å². The molecule has 1 amide bonds. The predicted molar refractivity (Wildman–Crippen MR) is 94.5 cm³/mol. The van der Waals surface area contributed by atoms with Crippen molar-refractivity contribution in [3.63, 3.8) is 0 Å². The number of hydrogen-bond acceptors (Lipinski definition) is 4. The summed E-state index contributed by atoms with van der Waals surface area (Å²) in [6.07, 6.45) is 1.76. The summed E-state index contributed by atoms with van der Waals surface area (Å²) in [5.74, 6) is -0.562. The molecule has 1 N–H and O–H groups in total. The van der Waals surface area contributed by atoms with Gasteiger partial charge in [-0.25, -0.2) is 4.39 Å². The highest BCUT2D eigenvalue weighted by molar-refractivity contribution is 5.97. The molecule has 1 unspecified atom stereocenters. The maximum atomic E-state index is 14.5. The molecule has 3 aromatic rings. The molecule has 0 spiro atoms. The number of benzene rings is 2. The summed E-state index contributed by atoms with van der Waals surface area (Å²) in [7, 11) is 0. The molecule has 0 bridgehead atoms. The summed E-state index contributed by atoms with van der Waals surface area (Å²) in [4.78, 5) is 16.6. The quantitative estimate of drug-likeness (QED) is 0.693. The summed E-state index contributed by atoms with van der Waals surface area (Å²) in [6, 6.07) is 13.9. The van der Waals surface area contributed by atoms with Crippen molar-refractivity contribution in [3.05, 3.63) is 71.7 Å². The Morgan fingerprint density at radius 2 is 2.15 bits per heavy atom. The first kappa shape index (κ1) is 16.5. The number of pyridine rings is 1. The van der Waals surface area contributed by atoms with E-state index in [2.05, 4.69) is 10.3 Å². The van der Waals surface area contributed by atoms with Gasteiger partial charge in [0.25, 0.3) is 5.91 Å². The normalized spacial score (nSPS) is 15.7. The second-order valence-corrected chi connectivity index (χ2v) is 6.09. The first-order chi connectivity index (χ1) is 12.7. The van der Waals surface area contributed by atoms with Crippen LogP contribution >= 0.6 is 0 Å². The fourth-order valence-corrected chi connectivity index (χ4v) is 2.65. The van der Waals surface area contributed by atoms with Gasteiger partial charge in [0.05, 0.1) is 12.1 Å². The molecule has 2 aromatic carbocycles. The van der Waals surface area contributed by atoms with E-state index >= 15 is 0 Å². The van der Waals surface area contributed by atoms with Crippen molar-refractivity contribution in [2.24, 2.45) is 0 Å². The summed E-state index contributed by atoms with van der Waals surface area (Å²) in [5.41, 5.74) is 1.69. The molecule has 0 aliphatic carbocycles. The smallest absolute Gasteiger partial charge is 0.251 e. The van der Waals surface area contributed by atoms with Crippen molar-refractivity contribution in [1.29, 1.82) is 0 Å². The van der Waals surface area contributed by atoms with E-state index in [1.54, 1.807) is 42.6 Å². The van der Waals surface area contributed by atoms with Crippen LogP contribution in [-0.4, -0.2) is 30.2 Å². The highest BCUT2D eigenvalue weighted by atomic mass is 19.1. The fraction of sp³-hybridized carbons (Fsp3) is 0.200. The third kappa shape index (κ3) is 3.65. The van der Waals surface area contributed by atoms with Gasteiger partial charge in [-0.2, -0.15) is 0 Å². The lowest BCUT2D eigenvalue weighted by molar-refractivity contribution is 0.0950. The van der Waals surface area contributed by atoms with Gasteiger partial charge >= 0.3 is 0 Å². The zero-order chi connectivity index (χ0) is 17.9. The van der Waals surface area contributed by atoms with Crippen molar-refractivity contribution in [2.45, 2.75) is 12.6 Å². The van der Waals surface area contributed by atoms with Gasteiger partial charge < -0.3 is 14.8 Å². The zero-order valence-corrected chi connectivity index (χ0v) is 13.9. The third-order valence-electron chi connectivity index (χ3n) is 4.17. The van der Waals surface area contributed by atoms with E-state index in [-0.39, 0.29) is 24.3 Å². The Balaban J connectivity index is 1.43. The topological polar surface area (TPSA) is 63.8 Å². The minimum atomic E-state index is -0.462. The van der Waals surface area contributed by atoms with Gasteiger partial charge in [0.1, 0.15) is 12.7 Å². The Bertz CT molecular complexity index is 957. The van der Waals surface area contributed by atoms with Crippen molar-refractivity contribution in [1.82, 2.24) is 10.3 Å². The number of nitrogens with one attached hydrogen (secondary N) is 1. The Labute approximate surface area is 149 Å². The molecule has 1 fully saturated rings. The number of fused-ring (bicyclic) bond motifs is 1. The lowest BCUT2D eigenvalue weighted by Gasteiger charge is -2.10. The minimum Gasteiger partial charge on any atom is -0.488 e. The van der Waals surface area contributed by atoms with Gasteiger partial charge in [-0.05, 0) is 30.3 Å². The van der Waals surface area contributed by atoms with Crippen LogP contribution in [0.5, 0.6) is 5.75 Å². The van der Waals surface area contributed by atoms with Gasteiger partial charge in [0, 0.05) is 29.3 Å². The summed E-state index contributed by atoms with van der Waals surface area (Å²) >= 11 is 0. The van der Waals surface area contributed by atoms with E-state index in [1.807, 2.05) is 12.1 Å². The average molecular weight is 352 g/mol. The molecule has 6 heteroatoms. The molecule has 2 heterocycles. The average Bonchev–Trinajstić information content (AvgIpc) is 3.50. The Morgan fingerprint density at radius 3 is 3.00 bits per heavy atom. The Hall–Kier alpha value is -2.99. The number of halogens is 1. The van der Waals surface area contributed by atoms with Crippen molar-refractivity contribution in [2.75, 3.05) is 13.2 Å². The molecular weight excluding hydrogens is 335 g/mol. The SMILES string of the molecule is O=C(NCc1cccc(OCC2CO2)c1F)c1ccc2ncccc2c1. The monoisotopic (exact) mass is 352 g/mol. The van der Waals surface area contributed by atoms with Crippen LogP contribution in [-0.2, 0) is 11.3 Å². The second kappa shape index (κ2) is 7.09. The molecule has 5 nitrogen and oxygen atoms in total. The van der Waals surface area contributed by atoms with Crippen LogP contribution in [0.3, 0.4) is 0 Å². The van der Waals surface area contributed by atoms with Crippen LogP contribution < -0.4 is 10.1 Å². The van der Waals surface area contributed by atoms with Gasteiger partial charge in [-0.15, -0.1) is 0 Å². The minimum absolute atomic E-state index is 0.0557. The summed E-state index contributed by atoms with van der Waals surface area (Å²) in [6.45, 7) is 1.06. The number of aromatic nitrogens is 1. The van der Waals surface area contributed by atoms with Crippen LogP contribution in [0.25, 0.3) is 10.9 Å². The molecule has 1 aliphatic heterocycles. The Kier molecular flexibility index (Phi) is 4.50. The molecule has 26 heavy (non-hydrogen) atoms. The first-order valence-electron chi connectivity index (χ1n) is 8.35.